The molecule has 0 fully saturated rings. The number of thioether (sulfide) groups is 1. The van der Waals surface area contributed by atoms with Crippen LogP contribution in [-0.2, 0) is 11.3 Å². The average molecular weight is 449 g/mol. The molecule has 1 aliphatic heterocycles. The lowest BCUT2D eigenvalue weighted by Crippen LogP contribution is -2.33. The molecule has 7 heteroatoms. The number of para-hydroxylation sites is 1. The first-order valence-corrected chi connectivity index (χ1v) is 11.4. The predicted molar refractivity (Wildman–Crippen MR) is 129 cm³/mol. The summed E-state index contributed by atoms with van der Waals surface area (Å²) < 4.78 is 2.05. The molecule has 0 spiro atoms. The number of amidine groups is 1. The number of anilines is 1. The van der Waals surface area contributed by atoms with Gasteiger partial charge in [-0.15, -0.1) is 0 Å². The number of carbonyl (C=O) groups excluding carboxylic acids is 1. The minimum atomic E-state index is -0.170. The Hall–Kier alpha value is -3.01. The fraction of sp³-hybridized carbons (Fsp3) is 0.208. The normalized spacial score (nSPS) is 15.9. The van der Waals surface area contributed by atoms with E-state index in [1.807, 2.05) is 55.6 Å². The summed E-state index contributed by atoms with van der Waals surface area (Å²) in [4.78, 5) is 19.5. The van der Waals surface area contributed by atoms with E-state index in [0.717, 1.165) is 27.9 Å². The maximum atomic E-state index is 13.3. The average Bonchev–Trinajstić information content (AvgIpc) is 3.36. The quantitative estimate of drug-likeness (QED) is 0.467. The van der Waals surface area contributed by atoms with Crippen LogP contribution in [0.2, 0.25) is 5.02 Å². The highest BCUT2D eigenvalue weighted by molar-refractivity contribution is 8.14. The van der Waals surface area contributed by atoms with E-state index in [-0.39, 0.29) is 11.9 Å². The fourth-order valence-corrected chi connectivity index (χ4v) is 4.67. The van der Waals surface area contributed by atoms with Gasteiger partial charge in [0.2, 0.25) is 0 Å². The van der Waals surface area contributed by atoms with Gasteiger partial charge >= 0.3 is 0 Å². The van der Waals surface area contributed by atoms with Crippen LogP contribution in [0.1, 0.15) is 18.9 Å². The highest BCUT2D eigenvalue weighted by atomic mass is 35.5. The molecule has 31 heavy (non-hydrogen) atoms. The Morgan fingerprint density at radius 3 is 2.81 bits per heavy atom. The topological polar surface area (TPSA) is 61.4 Å². The zero-order chi connectivity index (χ0) is 21.8. The van der Waals surface area contributed by atoms with Gasteiger partial charge in [0.25, 0.3) is 5.91 Å². The number of aryl methyl sites for hydroxylation is 1. The second-order valence-electron chi connectivity index (χ2n) is 7.26. The maximum absolute atomic E-state index is 13.3. The van der Waals surface area contributed by atoms with Crippen LogP contribution >= 0.6 is 23.4 Å². The highest BCUT2D eigenvalue weighted by Crippen LogP contribution is 2.28. The van der Waals surface area contributed by atoms with Crippen molar-refractivity contribution in [3.63, 3.8) is 0 Å². The van der Waals surface area contributed by atoms with Gasteiger partial charge < -0.3 is 4.57 Å². The molecule has 5 nitrogen and oxygen atoms in total. The van der Waals surface area contributed by atoms with Gasteiger partial charge in [-0.1, -0.05) is 41.6 Å². The smallest absolute Gasteiger partial charge is 0.257 e. The van der Waals surface area contributed by atoms with Crippen molar-refractivity contribution in [2.45, 2.75) is 25.9 Å². The summed E-state index contributed by atoms with van der Waals surface area (Å²) in [5.74, 6) is 0.680. The van der Waals surface area contributed by atoms with Crippen LogP contribution in [0.15, 0.2) is 65.8 Å². The summed E-state index contributed by atoms with van der Waals surface area (Å²) in [5, 5.41) is 11.3. The monoisotopic (exact) mass is 448 g/mol. The zero-order valence-corrected chi connectivity index (χ0v) is 18.6. The largest absolute Gasteiger partial charge is 0.346 e. The number of hydrogen-bond donors (Lipinski definition) is 0. The van der Waals surface area contributed by atoms with Gasteiger partial charge in [-0.05, 0) is 43.3 Å². The number of fused-ring (bicyclic) bond motifs is 1. The van der Waals surface area contributed by atoms with Crippen molar-refractivity contribution < 1.29 is 4.79 Å². The van der Waals surface area contributed by atoms with E-state index in [1.165, 1.54) is 0 Å². The van der Waals surface area contributed by atoms with Crippen LogP contribution in [0.4, 0.5) is 5.69 Å². The number of nitriles is 1. The number of benzene rings is 2. The molecule has 4 rings (SSSR count). The van der Waals surface area contributed by atoms with Gasteiger partial charge in [-0.3, -0.25) is 14.7 Å². The molecule has 0 bridgehead atoms. The summed E-state index contributed by atoms with van der Waals surface area (Å²) in [6, 6.07) is 17.6. The van der Waals surface area contributed by atoms with Crippen molar-refractivity contribution in [3.05, 3.63) is 71.4 Å². The Balaban J connectivity index is 1.67. The number of nitrogens with zero attached hydrogens (tertiary/aromatic N) is 4. The van der Waals surface area contributed by atoms with E-state index in [2.05, 4.69) is 15.6 Å². The Morgan fingerprint density at radius 1 is 1.32 bits per heavy atom. The van der Waals surface area contributed by atoms with E-state index in [4.69, 9.17) is 16.9 Å². The number of halogens is 1. The fourth-order valence-electron chi connectivity index (χ4n) is 3.50. The summed E-state index contributed by atoms with van der Waals surface area (Å²) >= 11 is 7.62. The van der Waals surface area contributed by atoms with Crippen molar-refractivity contribution in [3.8, 4) is 6.07 Å². The Morgan fingerprint density at radius 2 is 2.10 bits per heavy atom. The molecule has 0 N–H and O–H groups in total. The maximum Gasteiger partial charge on any atom is 0.257 e. The van der Waals surface area contributed by atoms with Crippen LogP contribution in [0.25, 0.3) is 17.0 Å². The number of rotatable bonds is 5. The zero-order valence-electron chi connectivity index (χ0n) is 17.0. The lowest BCUT2D eigenvalue weighted by atomic mass is 10.1. The van der Waals surface area contributed by atoms with Crippen molar-refractivity contribution in [1.29, 1.82) is 5.26 Å². The molecule has 0 radical (unpaired) electrons. The van der Waals surface area contributed by atoms with Crippen molar-refractivity contribution in [2.75, 3.05) is 10.7 Å². The Labute approximate surface area is 190 Å². The summed E-state index contributed by atoms with van der Waals surface area (Å²) in [5.41, 5.74) is 2.71. The third-order valence-electron chi connectivity index (χ3n) is 4.97. The second kappa shape index (κ2) is 9.42. The third-order valence-corrected chi connectivity index (χ3v) is 6.42. The molecule has 1 amide bonds. The molecule has 0 saturated heterocycles. The van der Waals surface area contributed by atoms with Crippen LogP contribution in [0.5, 0.6) is 0 Å². The number of aliphatic imine (C=N–C) groups is 1. The van der Waals surface area contributed by atoms with Crippen molar-refractivity contribution in [2.24, 2.45) is 4.99 Å². The molecule has 1 atom stereocenters. The van der Waals surface area contributed by atoms with Crippen LogP contribution < -0.4 is 4.90 Å². The molecule has 3 aromatic rings. The van der Waals surface area contributed by atoms with E-state index < -0.39 is 0 Å². The van der Waals surface area contributed by atoms with Crippen LogP contribution in [-0.4, -0.2) is 27.4 Å². The highest BCUT2D eigenvalue weighted by Gasteiger charge is 2.25. The molecule has 2 aromatic carbocycles. The van der Waals surface area contributed by atoms with E-state index in [1.54, 1.807) is 34.9 Å². The number of carbonyl (C=O) groups is 1. The van der Waals surface area contributed by atoms with Crippen LogP contribution in [0, 0.1) is 11.3 Å². The SMILES string of the molecule is CC1CSC(N(C(=O)C=Cc2cn(CCC#N)c3ccccc23)c2ccc(Cl)cc2)=N1. The van der Waals surface area contributed by atoms with Crippen LogP contribution in [0.3, 0.4) is 0 Å². The van der Waals surface area contributed by atoms with Gasteiger partial charge in [-0.2, -0.15) is 5.26 Å². The van der Waals surface area contributed by atoms with Crippen molar-refractivity contribution in [1.82, 2.24) is 4.57 Å². The number of aromatic nitrogens is 1. The van der Waals surface area contributed by atoms with Gasteiger partial charge in [0.15, 0.2) is 5.17 Å². The molecule has 156 valence electrons. The molecule has 0 saturated carbocycles. The lowest BCUT2D eigenvalue weighted by Gasteiger charge is -2.20. The van der Waals surface area contributed by atoms with Gasteiger partial charge in [-0.25, -0.2) is 0 Å². The minimum Gasteiger partial charge on any atom is -0.346 e. The van der Waals surface area contributed by atoms with Gasteiger partial charge in [0.1, 0.15) is 0 Å². The summed E-state index contributed by atoms with van der Waals surface area (Å²) in [6.45, 7) is 2.65. The predicted octanol–water partition coefficient (Wildman–Crippen LogP) is 5.75. The van der Waals surface area contributed by atoms with E-state index in [0.29, 0.717) is 23.2 Å². The Kier molecular flexibility index (Phi) is 6.45. The third kappa shape index (κ3) is 4.68. The van der Waals surface area contributed by atoms with E-state index >= 15 is 0 Å². The first-order chi connectivity index (χ1) is 15.1. The molecular formula is C24H21ClN4OS. The van der Waals surface area contributed by atoms with E-state index in [9.17, 15) is 4.79 Å². The summed E-state index contributed by atoms with van der Waals surface area (Å²) in [7, 11) is 0. The standard InChI is InChI=1S/C24H21ClN4OS/c1-17-16-31-24(27-17)29(20-10-8-19(25)9-11-20)23(30)12-7-18-15-28(14-4-13-26)22-6-3-2-5-21(18)22/h2-3,5-12,15,17H,4,14,16H2,1H3. The molecule has 1 aromatic heterocycles. The van der Waals surface area contributed by atoms with Crippen molar-refractivity contribution >= 4 is 57.1 Å². The second-order valence-corrected chi connectivity index (χ2v) is 8.68. The molecular weight excluding hydrogens is 428 g/mol. The Bertz CT molecular complexity index is 1210. The van der Waals surface area contributed by atoms with Gasteiger partial charge in [0, 0.05) is 46.1 Å². The lowest BCUT2D eigenvalue weighted by molar-refractivity contribution is -0.113. The number of amides is 1. The molecule has 0 aliphatic carbocycles. The molecule has 2 heterocycles. The minimum absolute atomic E-state index is 0.170. The summed E-state index contributed by atoms with van der Waals surface area (Å²) in [6.07, 6.45) is 5.83. The first-order valence-electron chi connectivity index (χ1n) is 10.00. The molecule has 1 aliphatic rings. The molecule has 1 unspecified atom stereocenters. The number of hydrogen-bond acceptors (Lipinski definition) is 4. The van der Waals surface area contributed by atoms with Gasteiger partial charge in [0.05, 0.1) is 24.2 Å². The first kappa shape index (κ1) is 21.2.